The van der Waals surface area contributed by atoms with Gasteiger partial charge in [0.05, 0.1) is 5.02 Å². The first-order valence-electron chi connectivity index (χ1n) is 7.76. The number of phenolic OH excluding ortho intramolecular Hbond substituents is 1. The van der Waals surface area contributed by atoms with E-state index in [0.29, 0.717) is 5.02 Å². The highest BCUT2D eigenvalue weighted by molar-refractivity contribution is 9.10. The number of rotatable bonds is 0. The number of fused-ring (bicyclic) bond motifs is 5. The Morgan fingerprint density at radius 3 is 2.91 bits per heavy atom. The van der Waals surface area contributed by atoms with Crippen molar-refractivity contribution in [3.05, 3.63) is 73.9 Å². The highest BCUT2D eigenvalue weighted by Crippen LogP contribution is 2.45. The zero-order valence-electron chi connectivity index (χ0n) is 12.8. The number of hydrogen-bond acceptors (Lipinski definition) is 2. The van der Waals surface area contributed by atoms with Crippen LogP contribution in [-0.4, -0.2) is 23.6 Å². The number of nitrogens with zero attached hydrogens (tertiary/aromatic N) is 1. The van der Waals surface area contributed by atoms with E-state index in [-0.39, 0.29) is 11.7 Å². The van der Waals surface area contributed by atoms with Gasteiger partial charge in [0.15, 0.2) is 0 Å². The summed E-state index contributed by atoms with van der Waals surface area (Å²) in [7, 11) is 2.15. The molecule has 0 spiro atoms. The van der Waals surface area contributed by atoms with Crippen LogP contribution in [0.1, 0.15) is 28.2 Å². The normalized spacial score (nSPS) is 19.3. The molecule has 1 atom stereocenters. The lowest BCUT2D eigenvalue weighted by atomic mass is 9.79. The molecule has 1 aliphatic heterocycles. The van der Waals surface area contributed by atoms with Crippen LogP contribution in [0.5, 0.6) is 5.75 Å². The summed E-state index contributed by atoms with van der Waals surface area (Å²) >= 11 is 9.84. The van der Waals surface area contributed by atoms with Crippen LogP contribution < -0.4 is 0 Å². The van der Waals surface area contributed by atoms with Gasteiger partial charge in [0, 0.05) is 29.7 Å². The van der Waals surface area contributed by atoms with Crippen molar-refractivity contribution in [2.75, 3.05) is 13.6 Å². The van der Waals surface area contributed by atoms with E-state index in [1.165, 1.54) is 28.0 Å². The van der Waals surface area contributed by atoms with Gasteiger partial charge in [-0.15, -0.1) is 0 Å². The zero-order valence-corrected chi connectivity index (χ0v) is 15.2. The first kappa shape index (κ1) is 15.1. The van der Waals surface area contributed by atoms with Crippen LogP contribution in [0.4, 0.5) is 0 Å². The first-order chi connectivity index (χ1) is 11.1. The van der Waals surface area contributed by atoms with Gasteiger partial charge in [0.25, 0.3) is 0 Å². The summed E-state index contributed by atoms with van der Waals surface area (Å²) in [6.07, 6.45) is 4.18. The average Bonchev–Trinajstić information content (AvgIpc) is 2.67. The summed E-state index contributed by atoms with van der Waals surface area (Å²) < 4.78 is 1.15. The molecular formula is C19H17BrClNO. The second-order valence-electron chi connectivity index (χ2n) is 6.25. The van der Waals surface area contributed by atoms with E-state index in [4.69, 9.17) is 11.6 Å². The molecular weight excluding hydrogens is 374 g/mol. The lowest BCUT2D eigenvalue weighted by Crippen LogP contribution is -2.25. The van der Waals surface area contributed by atoms with Gasteiger partial charge in [-0.05, 0) is 53.3 Å². The highest BCUT2D eigenvalue weighted by atomic mass is 79.9. The number of aromatic hydroxyl groups is 1. The summed E-state index contributed by atoms with van der Waals surface area (Å²) in [5, 5.41) is 10.6. The monoisotopic (exact) mass is 389 g/mol. The Bertz CT molecular complexity index is 830. The van der Waals surface area contributed by atoms with Crippen molar-refractivity contribution < 1.29 is 5.11 Å². The van der Waals surface area contributed by atoms with Crippen LogP contribution in [-0.2, 0) is 12.8 Å². The second-order valence-corrected chi connectivity index (χ2v) is 7.51. The molecule has 2 aromatic carbocycles. The predicted octanol–water partition coefficient (Wildman–Crippen LogP) is 4.87. The molecule has 0 radical (unpaired) electrons. The molecule has 0 fully saturated rings. The molecule has 1 heterocycles. The Labute approximate surface area is 149 Å². The van der Waals surface area contributed by atoms with Crippen LogP contribution in [0.2, 0.25) is 5.02 Å². The van der Waals surface area contributed by atoms with Crippen molar-refractivity contribution in [1.82, 2.24) is 4.90 Å². The van der Waals surface area contributed by atoms with E-state index in [1.807, 2.05) is 12.1 Å². The van der Waals surface area contributed by atoms with Crippen molar-refractivity contribution in [3.63, 3.8) is 0 Å². The summed E-state index contributed by atoms with van der Waals surface area (Å²) in [6, 6.07) is 10.2. The average molecular weight is 391 g/mol. The van der Waals surface area contributed by atoms with E-state index in [9.17, 15) is 5.11 Å². The number of allylic oxidation sites excluding steroid dienone is 2. The minimum atomic E-state index is 0.155. The minimum Gasteiger partial charge on any atom is -0.506 e. The first-order valence-corrected chi connectivity index (χ1v) is 8.93. The molecule has 1 unspecified atom stereocenters. The standard InChI is InChI=1S/C19H17BrClNO/c1-22-8-7-11-9-16(21)18(23)10-14(11)19-13-3-2-4-15(20)12(13)5-6-17(19)22/h2-4,6,9-10,19,23H,5,7-8H2,1H3. The van der Waals surface area contributed by atoms with Crippen molar-refractivity contribution in [2.45, 2.75) is 18.8 Å². The molecule has 118 valence electrons. The van der Waals surface area contributed by atoms with E-state index < -0.39 is 0 Å². The van der Waals surface area contributed by atoms with E-state index in [2.05, 4.69) is 52.2 Å². The number of hydrogen-bond donors (Lipinski definition) is 1. The fourth-order valence-electron chi connectivity index (χ4n) is 3.77. The fourth-order valence-corrected chi connectivity index (χ4v) is 4.50. The maximum atomic E-state index is 10.2. The van der Waals surface area contributed by atoms with Gasteiger partial charge in [-0.25, -0.2) is 0 Å². The molecule has 1 N–H and O–H groups in total. The zero-order chi connectivity index (χ0) is 16.1. The van der Waals surface area contributed by atoms with Crippen LogP contribution in [0.15, 0.2) is 46.6 Å². The van der Waals surface area contributed by atoms with Gasteiger partial charge >= 0.3 is 0 Å². The molecule has 0 amide bonds. The molecule has 0 bridgehead atoms. The Morgan fingerprint density at radius 2 is 2.09 bits per heavy atom. The number of halogens is 2. The van der Waals surface area contributed by atoms with Crippen molar-refractivity contribution in [1.29, 1.82) is 0 Å². The van der Waals surface area contributed by atoms with Gasteiger partial charge in [-0.3, -0.25) is 0 Å². The molecule has 23 heavy (non-hydrogen) atoms. The SMILES string of the molecule is CN1CCc2cc(Cl)c(O)cc2C2C1=CCc1c(Br)cccc12. The van der Waals surface area contributed by atoms with Crippen molar-refractivity contribution in [2.24, 2.45) is 0 Å². The van der Waals surface area contributed by atoms with Crippen LogP contribution in [0, 0.1) is 0 Å². The maximum absolute atomic E-state index is 10.2. The minimum absolute atomic E-state index is 0.155. The van der Waals surface area contributed by atoms with Gasteiger partial charge in [-0.2, -0.15) is 0 Å². The molecule has 4 rings (SSSR count). The summed E-state index contributed by atoms with van der Waals surface area (Å²) in [5.41, 5.74) is 6.35. The van der Waals surface area contributed by atoms with Crippen LogP contribution in [0.25, 0.3) is 0 Å². The summed E-state index contributed by atoms with van der Waals surface area (Å²) in [5.74, 6) is 0.318. The highest BCUT2D eigenvalue weighted by Gasteiger charge is 2.32. The molecule has 0 saturated carbocycles. The van der Waals surface area contributed by atoms with Gasteiger partial charge in [0.2, 0.25) is 0 Å². The topological polar surface area (TPSA) is 23.5 Å². The Balaban J connectivity index is 1.99. The number of likely N-dealkylation sites (N-methyl/N-ethyl adjacent to an activating group) is 1. The van der Waals surface area contributed by atoms with E-state index >= 15 is 0 Å². The smallest absolute Gasteiger partial charge is 0.134 e. The molecule has 0 aromatic heterocycles. The fraction of sp³-hybridized carbons (Fsp3) is 0.263. The van der Waals surface area contributed by atoms with Gasteiger partial charge in [0.1, 0.15) is 5.75 Å². The third-order valence-corrected chi connectivity index (χ3v) is 6.00. The van der Waals surface area contributed by atoms with E-state index in [0.717, 1.165) is 23.9 Å². The Hall–Kier alpha value is -1.45. The second kappa shape index (κ2) is 5.57. The Morgan fingerprint density at radius 1 is 1.26 bits per heavy atom. The molecule has 2 nitrogen and oxygen atoms in total. The van der Waals surface area contributed by atoms with Gasteiger partial charge < -0.3 is 10.0 Å². The van der Waals surface area contributed by atoms with Crippen LogP contribution >= 0.6 is 27.5 Å². The van der Waals surface area contributed by atoms with Crippen molar-refractivity contribution >= 4 is 27.5 Å². The molecule has 1 aliphatic carbocycles. The molecule has 0 saturated heterocycles. The quantitative estimate of drug-likeness (QED) is 0.694. The third kappa shape index (κ3) is 2.38. The summed E-state index contributed by atoms with van der Waals surface area (Å²) in [4.78, 5) is 2.33. The summed E-state index contributed by atoms with van der Waals surface area (Å²) in [6.45, 7) is 0.958. The maximum Gasteiger partial charge on any atom is 0.134 e. The molecule has 2 aromatic rings. The van der Waals surface area contributed by atoms with Crippen LogP contribution in [0.3, 0.4) is 0 Å². The van der Waals surface area contributed by atoms with Crippen molar-refractivity contribution in [3.8, 4) is 5.75 Å². The van der Waals surface area contributed by atoms with E-state index in [1.54, 1.807) is 0 Å². The lowest BCUT2D eigenvalue weighted by molar-refractivity contribution is 0.407. The lowest BCUT2D eigenvalue weighted by Gasteiger charge is -2.32. The third-order valence-electron chi connectivity index (χ3n) is 4.95. The molecule has 2 aliphatic rings. The number of phenols is 1. The Kier molecular flexibility index (Phi) is 3.66. The number of benzene rings is 2. The largest absolute Gasteiger partial charge is 0.506 e. The molecule has 4 heteroatoms. The van der Waals surface area contributed by atoms with Gasteiger partial charge in [-0.1, -0.05) is 45.7 Å². The predicted molar refractivity (Wildman–Crippen MR) is 97.2 cm³/mol.